The van der Waals surface area contributed by atoms with E-state index in [0.717, 1.165) is 37.9 Å². The summed E-state index contributed by atoms with van der Waals surface area (Å²) < 4.78 is 0. The van der Waals surface area contributed by atoms with Crippen molar-refractivity contribution >= 4 is 5.78 Å². The molecule has 2 unspecified atom stereocenters. The van der Waals surface area contributed by atoms with Crippen LogP contribution in [0.2, 0.25) is 0 Å². The normalized spacial score (nSPS) is 32.6. The predicted octanol–water partition coefficient (Wildman–Crippen LogP) is 3.26. The molecule has 1 aliphatic carbocycles. The number of piperidine rings is 1. The molecule has 1 heterocycles. The molecule has 1 aliphatic heterocycles. The molecule has 2 rings (SSSR count). The first-order valence-electron chi connectivity index (χ1n) is 7.45. The average molecular weight is 237 g/mol. The van der Waals surface area contributed by atoms with Crippen molar-refractivity contribution in [3.8, 4) is 0 Å². The number of nitrogens with zero attached hydrogens (tertiary/aromatic N) is 1. The summed E-state index contributed by atoms with van der Waals surface area (Å²) in [7, 11) is 0. The highest BCUT2D eigenvalue weighted by Gasteiger charge is 2.30. The molecule has 0 N–H and O–H groups in total. The Labute approximate surface area is 106 Å². The van der Waals surface area contributed by atoms with Crippen LogP contribution in [0.1, 0.15) is 58.8 Å². The standard InChI is InChI=1S/C15H27NO/c1-3-13-5-4-6-15(11-13)16-9-7-14(8-10-16)12(2)17/h13-15H,3-11H2,1-2H3. The van der Waals surface area contributed by atoms with Crippen molar-refractivity contribution in [3.63, 3.8) is 0 Å². The zero-order valence-corrected chi connectivity index (χ0v) is 11.5. The number of hydrogen-bond acceptors (Lipinski definition) is 2. The lowest BCUT2D eigenvalue weighted by Crippen LogP contribution is -2.44. The monoisotopic (exact) mass is 237 g/mol. The van der Waals surface area contributed by atoms with E-state index in [1.807, 2.05) is 0 Å². The van der Waals surface area contributed by atoms with Gasteiger partial charge in [-0.1, -0.05) is 26.2 Å². The summed E-state index contributed by atoms with van der Waals surface area (Å²) in [5.41, 5.74) is 0. The third-order valence-electron chi connectivity index (χ3n) is 4.95. The summed E-state index contributed by atoms with van der Waals surface area (Å²) in [4.78, 5) is 14.0. The minimum Gasteiger partial charge on any atom is -0.300 e. The molecule has 0 aromatic heterocycles. The summed E-state index contributed by atoms with van der Waals surface area (Å²) in [6.45, 7) is 6.40. The van der Waals surface area contributed by atoms with Crippen LogP contribution in [-0.2, 0) is 4.79 Å². The lowest BCUT2D eigenvalue weighted by molar-refractivity contribution is -0.122. The Morgan fingerprint density at radius 3 is 2.47 bits per heavy atom. The molecule has 2 heteroatoms. The predicted molar refractivity (Wildman–Crippen MR) is 71.0 cm³/mol. The Hall–Kier alpha value is -0.370. The van der Waals surface area contributed by atoms with E-state index in [2.05, 4.69) is 11.8 Å². The van der Waals surface area contributed by atoms with Crippen molar-refractivity contribution in [2.45, 2.75) is 64.8 Å². The number of ketones is 1. The van der Waals surface area contributed by atoms with Gasteiger partial charge in [-0.3, -0.25) is 4.79 Å². The highest BCUT2D eigenvalue weighted by molar-refractivity contribution is 5.78. The van der Waals surface area contributed by atoms with Crippen molar-refractivity contribution in [2.24, 2.45) is 11.8 Å². The van der Waals surface area contributed by atoms with E-state index in [1.165, 1.54) is 32.1 Å². The molecule has 0 amide bonds. The van der Waals surface area contributed by atoms with E-state index in [4.69, 9.17) is 0 Å². The van der Waals surface area contributed by atoms with Crippen LogP contribution >= 0.6 is 0 Å². The molecule has 17 heavy (non-hydrogen) atoms. The van der Waals surface area contributed by atoms with Crippen LogP contribution < -0.4 is 0 Å². The zero-order chi connectivity index (χ0) is 12.3. The molecule has 0 radical (unpaired) electrons. The first-order valence-corrected chi connectivity index (χ1v) is 7.45. The number of hydrogen-bond donors (Lipinski definition) is 0. The van der Waals surface area contributed by atoms with Gasteiger partial charge in [-0.05, 0) is 51.6 Å². The number of carbonyl (C=O) groups excluding carboxylic acids is 1. The van der Waals surface area contributed by atoms with Crippen LogP contribution in [0, 0.1) is 11.8 Å². The highest BCUT2D eigenvalue weighted by Crippen LogP contribution is 2.31. The zero-order valence-electron chi connectivity index (χ0n) is 11.5. The fourth-order valence-electron chi connectivity index (χ4n) is 3.64. The average Bonchev–Trinajstić information content (AvgIpc) is 2.39. The molecule has 1 saturated heterocycles. The maximum Gasteiger partial charge on any atom is 0.133 e. The lowest BCUT2D eigenvalue weighted by atomic mass is 9.82. The van der Waals surface area contributed by atoms with Gasteiger partial charge in [0.15, 0.2) is 0 Å². The highest BCUT2D eigenvalue weighted by atomic mass is 16.1. The van der Waals surface area contributed by atoms with E-state index in [0.29, 0.717) is 11.7 Å². The fourth-order valence-corrected chi connectivity index (χ4v) is 3.64. The van der Waals surface area contributed by atoms with Crippen LogP contribution in [0.3, 0.4) is 0 Å². The van der Waals surface area contributed by atoms with E-state index in [-0.39, 0.29) is 0 Å². The van der Waals surface area contributed by atoms with Gasteiger partial charge in [-0.25, -0.2) is 0 Å². The smallest absolute Gasteiger partial charge is 0.133 e. The summed E-state index contributed by atoms with van der Waals surface area (Å²) in [6, 6.07) is 0.821. The summed E-state index contributed by atoms with van der Waals surface area (Å²) in [5, 5.41) is 0. The largest absolute Gasteiger partial charge is 0.300 e. The molecule has 98 valence electrons. The van der Waals surface area contributed by atoms with Gasteiger partial charge in [0.25, 0.3) is 0 Å². The Balaban J connectivity index is 1.81. The second-order valence-electron chi connectivity index (χ2n) is 6.02. The van der Waals surface area contributed by atoms with Gasteiger partial charge in [0.1, 0.15) is 5.78 Å². The maximum absolute atomic E-state index is 11.4. The molecule has 0 spiro atoms. The molecular weight excluding hydrogens is 210 g/mol. The number of carbonyl (C=O) groups is 1. The van der Waals surface area contributed by atoms with Crippen LogP contribution in [-0.4, -0.2) is 29.8 Å². The van der Waals surface area contributed by atoms with Crippen LogP contribution in [0.25, 0.3) is 0 Å². The number of likely N-dealkylation sites (tertiary alicyclic amines) is 1. The van der Waals surface area contributed by atoms with Gasteiger partial charge in [0, 0.05) is 12.0 Å². The van der Waals surface area contributed by atoms with Crippen LogP contribution in [0.5, 0.6) is 0 Å². The molecule has 2 atom stereocenters. The lowest BCUT2D eigenvalue weighted by Gasteiger charge is -2.40. The second-order valence-corrected chi connectivity index (χ2v) is 6.02. The van der Waals surface area contributed by atoms with Crippen molar-refractivity contribution in [3.05, 3.63) is 0 Å². The Morgan fingerprint density at radius 1 is 1.18 bits per heavy atom. The maximum atomic E-state index is 11.4. The van der Waals surface area contributed by atoms with Crippen molar-refractivity contribution in [1.29, 1.82) is 0 Å². The SMILES string of the molecule is CCC1CCCC(N2CCC(C(C)=O)CC2)C1. The third-order valence-corrected chi connectivity index (χ3v) is 4.95. The topological polar surface area (TPSA) is 20.3 Å². The second kappa shape index (κ2) is 5.99. The molecule has 2 nitrogen and oxygen atoms in total. The van der Waals surface area contributed by atoms with Gasteiger partial charge >= 0.3 is 0 Å². The molecule has 1 saturated carbocycles. The summed E-state index contributed by atoms with van der Waals surface area (Å²) in [5.74, 6) is 1.72. The van der Waals surface area contributed by atoms with E-state index in [9.17, 15) is 4.79 Å². The number of Topliss-reactive ketones (excluding diaryl/α,β-unsaturated/α-hetero) is 1. The van der Waals surface area contributed by atoms with E-state index >= 15 is 0 Å². The first kappa shape index (κ1) is 13.1. The minimum atomic E-state index is 0.358. The van der Waals surface area contributed by atoms with Crippen molar-refractivity contribution in [2.75, 3.05) is 13.1 Å². The van der Waals surface area contributed by atoms with Gasteiger partial charge in [-0.15, -0.1) is 0 Å². The fraction of sp³-hybridized carbons (Fsp3) is 0.933. The molecule has 0 aromatic carbocycles. The Bertz CT molecular complexity index is 256. The van der Waals surface area contributed by atoms with Gasteiger partial charge in [0.05, 0.1) is 0 Å². The van der Waals surface area contributed by atoms with Crippen LogP contribution in [0.4, 0.5) is 0 Å². The molecule has 0 bridgehead atoms. The van der Waals surface area contributed by atoms with Crippen molar-refractivity contribution < 1.29 is 4.79 Å². The van der Waals surface area contributed by atoms with Crippen LogP contribution in [0.15, 0.2) is 0 Å². The first-order chi connectivity index (χ1) is 8.20. The van der Waals surface area contributed by atoms with E-state index in [1.54, 1.807) is 6.92 Å². The molecule has 0 aromatic rings. The molecular formula is C15H27NO. The van der Waals surface area contributed by atoms with Gasteiger partial charge < -0.3 is 4.90 Å². The Morgan fingerprint density at radius 2 is 1.88 bits per heavy atom. The number of rotatable bonds is 3. The molecule has 2 fully saturated rings. The quantitative estimate of drug-likeness (QED) is 0.751. The van der Waals surface area contributed by atoms with E-state index < -0.39 is 0 Å². The molecule has 2 aliphatic rings. The van der Waals surface area contributed by atoms with Gasteiger partial charge in [-0.2, -0.15) is 0 Å². The summed E-state index contributed by atoms with van der Waals surface area (Å²) >= 11 is 0. The summed E-state index contributed by atoms with van der Waals surface area (Å²) in [6.07, 6.45) is 9.20. The third kappa shape index (κ3) is 3.31. The Kier molecular flexibility index (Phi) is 4.61. The van der Waals surface area contributed by atoms with Gasteiger partial charge in [0.2, 0.25) is 0 Å². The van der Waals surface area contributed by atoms with Crippen molar-refractivity contribution in [1.82, 2.24) is 4.90 Å². The minimum absolute atomic E-state index is 0.358.